The van der Waals surface area contributed by atoms with Crippen LogP contribution in [0.5, 0.6) is 5.75 Å². The van der Waals surface area contributed by atoms with E-state index in [9.17, 15) is 0 Å². The highest BCUT2D eigenvalue weighted by atomic mass is 35.5. The maximum absolute atomic E-state index is 5.97. The van der Waals surface area contributed by atoms with Gasteiger partial charge in [-0.15, -0.1) is 5.10 Å². The molecule has 0 aliphatic carbocycles. The average molecular weight is 298 g/mol. The number of hydrogen-bond donors (Lipinski definition) is 0. The van der Waals surface area contributed by atoms with Crippen LogP contribution in [0.15, 0.2) is 30.3 Å². The molecule has 0 saturated heterocycles. The molecule has 0 radical (unpaired) electrons. The van der Waals surface area contributed by atoms with Crippen LogP contribution in [-0.2, 0) is 6.54 Å². The summed E-state index contributed by atoms with van der Waals surface area (Å²) in [5.74, 6) is 0.914. The summed E-state index contributed by atoms with van der Waals surface area (Å²) in [6, 6.07) is 9.85. The Hall–Kier alpha value is -1.17. The van der Waals surface area contributed by atoms with E-state index in [0.717, 1.165) is 31.0 Å². The standard InChI is InChI=1S/C13H16ClN3OS/c1-17(10-12-13(14)19-16-15-12)8-5-9-18-11-6-3-2-4-7-11/h2-4,6-7H,5,8-10H2,1H3. The SMILES string of the molecule is CN(CCCOc1ccccc1)Cc1nnsc1Cl. The first-order chi connectivity index (χ1) is 9.25. The monoisotopic (exact) mass is 297 g/mol. The van der Waals surface area contributed by atoms with Crippen LogP contribution in [0.25, 0.3) is 0 Å². The van der Waals surface area contributed by atoms with E-state index in [1.165, 1.54) is 11.5 Å². The van der Waals surface area contributed by atoms with Crippen LogP contribution in [0.1, 0.15) is 12.1 Å². The molecule has 0 unspecified atom stereocenters. The Bertz CT molecular complexity index is 492. The number of nitrogens with zero attached hydrogens (tertiary/aromatic N) is 3. The summed E-state index contributed by atoms with van der Waals surface area (Å²) in [7, 11) is 2.04. The molecule has 0 N–H and O–H groups in total. The number of aromatic nitrogens is 2. The van der Waals surface area contributed by atoms with Crippen molar-refractivity contribution >= 4 is 23.1 Å². The summed E-state index contributed by atoms with van der Waals surface area (Å²) in [5, 5.41) is 4.00. The van der Waals surface area contributed by atoms with Crippen molar-refractivity contribution < 1.29 is 4.74 Å². The predicted molar refractivity (Wildman–Crippen MR) is 77.8 cm³/mol. The fourth-order valence-electron chi connectivity index (χ4n) is 1.67. The molecule has 6 heteroatoms. The van der Waals surface area contributed by atoms with Crippen LogP contribution in [0.4, 0.5) is 0 Å². The molecule has 1 heterocycles. The van der Waals surface area contributed by atoms with Crippen LogP contribution >= 0.6 is 23.1 Å². The highest BCUT2D eigenvalue weighted by Gasteiger charge is 2.08. The maximum atomic E-state index is 5.97. The Morgan fingerprint density at radius 3 is 2.79 bits per heavy atom. The number of benzene rings is 1. The lowest BCUT2D eigenvalue weighted by Gasteiger charge is -2.15. The zero-order valence-corrected chi connectivity index (χ0v) is 12.3. The van der Waals surface area contributed by atoms with Crippen LogP contribution in [0.3, 0.4) is 0 Å². The zero-order chi connectivity index (χ0) is 13.5. The molecule has 0 bridgehead atoms. The largest absolute Gasteiger partial charge is 0.494 e. The Balaban J connectivity index is 1.64. The molecule has 0 aliphatic heterocycles. The second-order valence-electron chi connectivity index (χ2n) is 4.25. The molecule has 2 rings (SSSR count). The van der Waals surface area contributed by atoms with E-state index in [0.29, 0.717) is 10.9 Å². The normalized spacial score (nSPS) is 10.9. The highest BCUT2D eigenvalue weighted by molar-refractivity contribution is 7.10. The quantitative estimate of drug-likeness (QED) is 0.736. The van der Waals surface area contributed by atoms with Gasteiger partial charge in [-0.25, -0.2) is 0 Å². The van der Waals surface area contributed by atoms with Crippen molar-refractivity contribution in [2.45, 2.75) is 13.0 Å². The molecule has 1 aromatic carbocycles. The van der Waals surface area contributed by atoms with E-state index in [1.807, 2.05) is 37.4 Å². The molecule has 0 spiro atoms. The van der Waals surface area contributed by atoms with Gasteiger partial charge in [-0.2, -0.15) is 0 Å². The van der Waals surface area contributed by atoms with Gasteiger partial charge in [-0.1, -0.05) is 34.3 Å². The maximum Gasteiger partial charge on any atom is 0.138 e. The van der Waals surface area contributed by atoms with Crippen molar-refractivity contribution in [1.29, 1.82) is 0 Å². The number of halogens is 1. The number of hydrogen-bond acceptors (Lipinski definition) is 5. The van der Waals surface area contributed by atoms with Crippen molar-refractivity contribution in [3.05, 3.63) is 40.4 Å². The third-order valence-corrected chi connectivity index (χ3v) is 3.61. The Kier molecular flexibility index (Phi) is 5.57. The highest BCUT2D eigenvalue weighted by Crippen LogP contribution is 2.18. The fraction of sp³-hybridized carbons (Fsp3) is 0.385. The summed E-state index contributed by atoms with van der Waals surface area (Å²) in [6.07, 6.45) is 0.959. The van der Waals surface area contributed by atoms with Gasteiger partial charge in [0.25, 0.3) is 0 Å². The van der Waals surface area contributed by atoms with Crippen molar-refractivity contribution in [2.24, 2.45) is 0 Å². The van der Waals surface area contributed by atoms with Gasteiger partial charge in [-0.05, 0) is 25.6 Å². The summed E-state index contributed by atoms with van der Waals surface area (Å²) in [5.41, 5.74) is 0.846. The molecule has 0 atom stereocenters. The first-order valence-corrected chi connectivity index (χ1v) is 7.24. The van der Waals surface area contributed by atoms with Gasteiger partial charge >= 0.3 is 0 Å². The van der Waals surface area contributed by atoms with Crippen LogP contribution in [-0.4, -0.2) is 34.7 Å². The lowest BCUT2D eigenvalue weighted by atomic mass is 10.3. The van der Waals surface area contributed by atoms with Crippen LogP contribution in [0.2, 0.25) is 4.34 Å². The number of para-hydroxylation sites is 1. The minimum absolute atomic E-state index is 0.674. The van der Waals surface area contributed by atoms with E-state index >= 15 is 0 Å². The van der Waals surface area contributed by atoms with Crippen molar-refractivity contribution in [2.75, 3.05) is 20.2 Å². The van der Waals surface area contributed by atoms with Gasteiger partial charge in [0.2, 0.25) is 0 Å². The van der Waals surface area contributed by atoms with Crippen LogP contribution in [0, 0.1) is 0 Å². The predicted octanol–water partition coefficient (Wildman–Crippen LogP) is 3.09. The summed E-state index contributed by atoms with van der Waals surface area (Å²) in [6.45, 7) is 2.36. The zero-order valence-electron chi connectivity index (χ0n) is 10.8. The molecule has 1 aromatic heterocycles. The molecule has 0 saturated carbocycles. The van der Waals surface area contributed by atoms with Gasteiger partial charge in [0, 0.05) is 24.6 Å². The third kappa shape index (κ3) is 4.78. The second kappa shape index (κ2) is 7.43. The van der Waals surface area contributed by atoms with E-state index in [1.54, 1.807) is 0 Å². The smallest absolute Gasteiger partial charge is 0.138 e. The molecule has 0 fully saturated rings. The molecular weight excluding hydrogens is 282 g/mol. The molecule has 0 aliphatic rings. The molecular formula is C13H16ClN3OS. The Morgan fingerprint density at radius 1 is 1.32 bits per heavy atom. The fourth-order valence-corrected chi connectivity index (χ4v) is 2.28. The average Bonchev–Trinajstić information content (AvgIpc) is 2.82. The van der Waals surface area contributed by atoms with Gasteiger partial charge in [-0.3, -0.25) is 0 Å². The molecule has 19 heavy (non-hydrogen) atoms. The minimum Gasteiger partial charge on any atom is -0.494 e. The lowest BCUT2D eigenvalue weighted by Crippen LogP contribution is -2.21. The first-order valence-electron chi connectivity index (χ1n) is 6.09. The third-order valence-electron chi connectivity index (χ3n) is 2.63. The van der Waals surface area contributed by atoms with Crippen molar-refractivity contribution in [1.82, 2.24) is 14.5 Å². The summed E-state index contributed by atoms with van der Waals surface area (Å²) in [4.78, 5) is 2.16. The lowest BCUT2D eigenvalue weighted by molar-refractivity contribution is 0.257. The van der Waals surface area contributed by atoms with Crippen LogP contribution < -0.4 is 4.74 Å². The van der Waals surface area contributed by atoms with E-state index in [2.05, 4.69) is 14.5 Å². The molecule has 0 amide bonds. The Labute approximate surface area is 122 Å². The minimum atomic E-state index is 0.674. The van der Waals surface area contributed by atoms with Gasteiger partial charge in [0.05, 0.1) is 6.61 Å². The number of rotatable bonds is 7. The summed E-state index contributed by atoms with van der Waals surface area (Å²) < 4.78 is 10.1. The van der Waals surface area contributed by atoms with Crippen molar-refractivity contribution in [3.63, 3.8) is 0 Å². The van der Waals surface area contributed by atoms with E-state index in [-0.39, 0.29) is 0 Å². The van der Waals surface area contributed by atoms with Gasteiger partial charge < -0.3 is 9.64 Å². The molecule has 2 aromatic rings. The van der Waals surface area contributed by atoms with Gasteiger partial charge in [0.15, 0.2) is 0 Å². The molecule has 102 valence electrons. The van der Waals surface area contributed by atoms with Gasteiger partial charge in [0.1, 0.15) is 15.8 Å². The van der Waals surface area contributed by atoms with E-state index < -0.39 is 0 Å². The van der Waals surface area contributed by atoms with E-state index in [4.69, 9.17) is 16.3 Å². The summed E-state index contributed by atoms with van der Waals surface area (Å²) >= 11 is 7.19. The van der Waals surface area contributed by atoms with Crippen molar-refractivity contribution in [3.8, 4) is 5.75 Å². The second-order valence-corrected chi connectivity index (χ2v) is 5.60. The Morgan fingerprint density at radius 2 is 2.11 bits per heavy atom. The molecule has 4 nitrogen and oxygen atoms in total. The number of ether oxygens (including phenoxy) is 1. The topological polar surface area (TPSA) is 38.2 Å². The first kappa shape index (κ1) is 14.2.